The Balaban J connectivity index is 1.69. The average molecular weight is 287 g/mol. The monoisotopic (exact) mass is 287 g/mol. The lowest BCUT2D eigenvalue weighted by atomic mass is 10.00. The highest BCUT2D eigenvalue weighted by atomic mass is 16.5. The van der Waals surface area contributed by atoms with Gasteiger partial charge in [0, 0.05) is 25.2 Å². The van der Waals surface area contributed by atoms with Crippen LogP contribution in [0, 0.1) is 0 Å². The minimum Gasteiger partial charge on any atom is -0.457 e. The molecular formula is C17H21NO3. The van der Waals surface area contributed by atoms with Crippen molar-refractivity contribution in [1.82, 2.24) is 4.90 Å². The molecule has 112 valence electrons. The van der Waals surface area contributed by atoms with Gasteiger partial charge in [0.1, 0.15) is 12.0 Å². The van der Waals surface area contributed by atoms with Gasteiger partial charge in [-0.3, -0.25) is 4.79 Å². The van der Waals surface area contributed by atoms with Gasteiger partial charge in [-0.25, -0.2) is 0 Å². The number of carbonyl (C=O) groups is 1. The largest absolute Gasteiger partial charge is 0.457 e. The van der Waals surface area contributed by atoms with Crippen LogP contribution in [0.5, 0.6) is 0 Å². The Labute approximate surface area is 125 Å². The molecule has 1 aromatic carbocycles. The van der Waals surface area contributed by atoms with Gasteiger partial charge in [0.05, 0.1) is 6.61 Å². The van der Waals surface area contributed by atoms with Crippen LogP contribution in [0.25, 0.3) is 0 Å². The van der Waals surface area contributed by atoms with E-state index >= 15 is 0 Å². The second-order valence-corrected chi connectivity index (χ2v) is 5.82. The molecule has 21 heavy (non-hydrogen) atoms. The second kappa shape index (κ2) is 5.90. The molecule has 4 heteroatoms. The van der Waals surface area contributed by atoms with E-state index in [1.54, 1.807) is 0 Å². The SMILES string of the molecule is CN1C2=CC(OC(=O)[C@H](CO)c3ccccc3)CC1CC2. The van der Waals surface area contributed by atoms with Gasteiger partial charge in [0.25, 0.3) is 0 Å². The maximum absolute atomic E-state index is 12.3. The number of fused-ring (bicyclic) bond motifs is 2. The number of aliphatic hydroxyl groups is 1. The van der Waals surface area contributed by atoms with E-state index in [2.05, 4.69) is 18.0 Å². The van der Waals surface area contributed by atoms with Crippen LogP contribution in [0.2, 0.25) is 0 Å². The number of esters is 1. The van der Waals surface area contributed by atoms with Crippen LogP contribution in [0.1, 0.15) is 30.7 Å². The summed E-state index contributed by atoms with van der Waals surface area (Å²) in [5.74, 6) is -0.934. The molecule has 0 aliphatic carbocycles. The fourth-order valence-electron chi connectivity index (χ4n) is 3.26. The van der Waals surface area contributed by atoms with Crippen molar-refractivity contribution < 1.29 is 14.6 Å². The second-order valence-electron chi connectivity index (χ2n) is 5.82. The van der Waals surface area contributed by atoms with Gasteiger partial charge in [-0.2, -0.15) is 0 Å². The minimum absolute atomic E-state index is 0.158. The quantitative estimate of drug-likeness (QED) is 0.861. The number of allylic oxidation sites excluding steroid dienone is 1. The topological polar surface area (TPSA) is 49.8 Å². The molecule has 0 spiro atoms. The Morgan fingerprint density at radius 3 is 2.86 bits per heavy atom. The molecule has 4 nitrogen and oxygen atoms in total. The smallest absolute Gasteiger partial charge is 0.316 e. The standard InChI is InChI=1S/C17H21NO3/c1-18-13-7-8-14(18)10-15(9-13)21-17(20)16(11-19)12-5-3-2-4-6-12/h2-6,9,14-16,19H,7-8,10-11H2,1H3/t14?,15?,16-/m1/s1. The zero-order valence-corrected chi connectivity index (χ0v) is 12.2. The van der Waals surface area contributed by atoms with Gasteiger partial charge in [-0.1, -0.05) is 30.3 Å². The molecule has 2 aliphatic heterocycles. The lowest BCUT2D eigenvalue weighted by Crippen LogP contribution is -2.35. The Bertz CT molecular complexity index is 540. The number of ether oxygens (including phenoxy) is 1. The van der Waals surface area contributed by atoms with Crippen molar-refractivity contribution in [3.8, 4) is 0 Å². The van der Waals surface area contributed by atoms with E-state index in [1.807, 2.05) is 30.3 Å². The lowest BCUT2D eigenvalue weighted by Gasteiger charge is -2.31. The average Bonchev–Trinajstić information content (AvgIpc) is 2.72. The Morgan fingerprint density at radius 1 is 1.43 bits per heavy atom. The van der Waals surface area contributed by atoms with Gasteiger partial charge in [-0.15, -0.1) is 0 Å². The highest BCUT2D eigenvalue weighted by Gasteiger charge is 2.34. The zero-order chi connectivity index (χ0) is 14.8. The number of carbonyl (C=O) groups excluding carboxylic acids is 1. The number of rotatable bonds is 4. The first-order valence-corrected chi connectivity index (χ1v) is 7.49. The Morgan fingerprint density at radius 2 is 2.19 bits per heavy atom. The summed E-state index contributed by atoms with van der Waals surface area (Å²) < 4.78 is 5.63. The van der Waals surface area contributed by atoms with Crippen molar-refractivity contribution in [3.05, 3.63) is 47.7 Å². The summed E-state index contributed by atoms with van der Waals surface area (Å²) in [4.78, 5) is 14.6. The maximum Gasteiger partial charge on any atom is 0.316 e. The molecule has 0 amide bonds. The third kappa shape index (κ3) is 2.81. The predicted molar refractivity (Wildman–Crippen MR) is 79.6 cm³/mol. The molecule has 1 fully saturated rings. The van der Waals surface area contributed by atoms with Crippen LogP contribution in [-0.4, -0.2) is 41.8 Å². The van der Waals surface area contributed by atoms with E-state index < -0.39 is 5.92 Å². The van der Waals surface area contributed by atoms with Crippen molar-refractivity contribution in [3.63, 3.8) is 0 Å². The fourth-order valence-corrected chi connectivity index (χ4v) is 3.26. The van der Waals surface area contributed by atoms with E-state index in [4.69, 9.17) is 4.74 Å². The van der Waals surface area contributed by atoms with E-state index in [1.165, 1.54) is 5.70 Å². The minimum atomic E-state index is -0.595. The summed E-state index contributed by atoms with van der Waals surface area (Å²) in [6.45, 7) is -0.227. The van der Waals surface area contributed by atoms with Crippen molar-refractivity contribution in [1.29, 1.82) is 0 Å². The predicted octanol–water partition coefficient (Wildman–Crippen LogP) is 2.06. The molecule has 2 heterocycles. The van der Waals surface area contributed by atoms with Gasteiger partial charge < -0.3 is 14.7 Å². The summed E-state index contributed by atoms with van der Waals surface area (Å²) in [5.41, 5.74) is 2.07. The summed E-state index contributed by atoms with van der Waals surface area (Å²) in [6, 6.07) is 9.79. The molecule has 1 N–H and O–H groups in total. The molecule has 0 radical (unpaired) electrons. The van der Waals surface area contributed by atoms with Crippen molar-refractivity contribution in [2.24, 2.45) is 0 Å². The van der Waals surface area contributed by atoms with Crippen LogP contribution in [0.3, 0.4) is 0 Å². The third-order valence-electron chi connectivity index (χ3n) is 4.55. The van der Waals surface area contributed by atoms with Gasteiger partial charge in [-0.05, 0) is 24.5 Å². The van der Waals surface area contributed by atoms with Crippen LogP contribution >= 0.6 is 0 Å². The van der Waals surface area contributed by atoms with Gasteiger partial charge in [0.2, 0.25) is 0 Å². The van der Waals surface area contributed by atoms with E-state index in [-0.39, 0.29) is 18.7 Å². The van der Waals surface area contributed by atoms with E-state index in [0.717, 1.165) is 24.8 Å². The maximum atomic E-state index is 12.3. The number of nitrogens with zero attached hydrogens (tertiary/aromatic N) is 1. The third-order valence-corrected chi connectivity index (χ3v) is 4.55. The normalized spacial score (nSPS) is 25.4. The zero-order valence-electron chi connectivity index (χ0n) is 12.2. The molecule has 0 aromatic heterocycles. The van der Waals surface area contributed by atoms with Crippen molar-refractivity contribution in [2.75, 3.05) is 13.7 Å². The highest BCUT2D eigenvalue weighted by Crippen LogP contribution is 2.34. The Kier molecular flexibility index (Phi) is 3.97. The van der Waals surface area contributed by atoms with Crippen LogP contribution in [0.4, 0.5) is 0 Å². The van der Waals surface area contributed by atoms with Crippen LogP contribution in [0.15, 0.2) is 42.1 Å². The van der Waals surface area contributed by atoms with Crippen LogP contribution < -0.4 is 0 Å². The lowest BCUT2D eigenvalue weighted by molar-refractivity contribution is -0.150. The van der Waals surface area contributed by atoms with Crippen molar-refractivity contribution in [2.45, 2.75) is 37.3 Å². The molecule has 0 saturated carbocycles. The number of hydrogen-bond donors (Lipinski definition) is 1. The first-order valence-electron chi connectivity index (χ1n) is 7.49. The molecule has 3 atom stereocenters. The number of benzene rings is 1. The Hall–Kier alpha value is -1.81. The molecule has 2 unspecified atom stereocenters. The molecule has 3 rings (SSSR count). The molecule has 2 aliphatic rings. The fraction of sp³-hybridized carbons (Fsp3) is 0.471. The number of aliphatic hydroxyl groups excluding tert-OH is 1. The summed E-state index contributed by atoms with van der Waals surface area (Å²) in [7, 11) is 2.10. The van der Waals surface area contributed by atoms with E-state index in [9.17, 15) is 9.90 Å². The van der Waals surface area contributed by atoms with Crippen molar-refractivity contribution >= 4 is 5.97 Å². The molecule has 2 bridgehead atoms. The van der Waals surface area contributed by atoms with E-state index in [0.29, 0.717) is 6.04 Å². The van der Waals surface area contributed by atoms with Gasteiger partial charge >= 0.3 is 5.97 Å². The summed E-state index contributed by atoms with van der Waals surface area (Å²) >= 11 is 0. The highest BCUT2D eigenvalue weighted by molar-refractivity contribution is 5.78. The van der Waals surface area contributed by atoms with Gasteiger partial charge in [0.15, 0.2) is 0 Å². The molecule has 1 saturated heterocycles. The number of hydrogen-bond acceptors (Lipinski definition) is 4. The summed E-state index contributed by atoms with van der Waals surface area (Å²) in [5, 5.41) is 9.51. The summed E-state index contributed by atoms with van der Waals surface area (Å²) in [6.07, 6.45) is 4.95. The molecule has 1 aromatic rings. The molecular weight excluding hydrogens is 266 g/mol. The first-order chi connectivity index (χ1) is 10.2. The first kappa shape index (κ1) is 14.1. The van der Waals surface area contributed by atoms with Crippen LogP contribution in [-0.2, 0) is 9.53 Å².